The lowest BCUT2D eigenvalue weighted by molar-refractivity contribution is 0.0945. The molecule has 3 N–H and O–H groups in total. The zero-order chi connectivity index (χ0) is 16.2. The first kappa shape index (κ1) is 15.1. The molecule has 0 aliphatic rings. The van der Waals surface area contributed by atoms with Crippen LogP contribution in [0.15, 0.2) is 24.3 Å². The lowest BCUT2D eigenvalue weighted by atomic mass is 10.2. The number of aromatic nitrogens is 4. The number of H-pyrrole nitrogens is 2. The molecule has 7 heteroatoms. The summed E-state index contributed by atoms with van der Waals surface area (Å²) in [4.78, 5) is 19.7. The van der Waals surface area contributed by atoms with E-state index in [4.69, 9.17) is 4.74 Å². The lowest BCUT2D eigenvalue weighted by Crippen LogP contribution is -2.23. The maximum atomic E-state index is 12.1. The topological polar surface area (TPSA) is 95.7 Å². The summed E-state index contributed by atoms with van der Waals surface area (Å²) in [5, 5.41) is 9.71. The minimum atomic E-state index is -0.221. The van der Waals surface area contributed by atoms with E-state index >= 15 is 0 Å². The monoisotopic (exact) mass is 313 g/mol. The number of hydrogen-bond donors (Lipinski definition) is 3. The number of rotatable bonds is 6. The largest absolute Gasteiger partial charge is 0.497 e. The number of amides is 1. The van der Waals surface area contributed by atoms with Crippen molar-refractivity contribution in [3.05, 3.63) is 41.5 Å². The number of fused-ring (bicyclic) bond motifs is 1. The first-order chi connectivity index (χ1) is 11.2. The molecule has 7 nitrogen and oxygen atoms in total. The first-order valence-electron chi connectivity index (χ1n) is 7.54. The molecule has 120 valence electrons. The molecular weight excluding hydrogens is 294 g/mol. The van der Waals surface area contributed by atoms with Crippen LogP contribution in [0.2, 0.25) is 0 Å². The second-order valence-electron chi connectivity index (χ2n) is 5.28. The fourth-order valence-corrected chi connectivity index (χ4v) is 2.38. The zero-order valence-electron chi connectivity index (χ0n) is 13.1. The molecule has 3 aromatic rings. The molecule has 2 heterocycles. The van der Waals surface area contributed by atoms with E-state index in [0.29, 0.717) is 18.1 Å². The van der Waals surface area contributed by atoms with Crippen LogP contribution in [0.5, 0.6) is 5.75 Å². The smallest absolute Gasteiger partial charge is 0.272 e. The molecule has 0 spiro atoms. The summed E-state index contributed by atoms with van der Waals surface area (Å²) in [5.74, 6) is 1.23. The van der Waals surface area contributed by atoms with Gasteiger partial charge in [0.15, 0.2) is 0 Å². The van der Waals surface area contributed by atoms with Crippen molar-refractivity contribution in [2.45, 2.75) is 26.3 Å². The number of ether oxygens (including phenoxy) is 1. The van der Waals surface area contributed by atoms with Gasteiger partial charge < -0.3 is 15.0 Å². The molecule has 0 aliphatic carbocycles. The third-order valence-electron chi connectivity index (χ3n) is 3.54. The van der Waals surface area contributed by atoms with Crippen LogP contribution in [-0.2, 0) is 13.0 Å². The highest BCUT2D eigenvalue weighted by Crippen LogP contribution is 2.18. The van der Waals surface area contributed by atoms with Gasteiger partial charge in [-0.2, -0.15) is 5.10 Å². The van der Waals surface area contributed by atoms with Crippen LogP contribution in [0.3, 0.4) is 0 Å². The van der Waals surface area contributed by atoms with Crippen LogP contribution in [0.4, 0.5) is 0 Å². The molecule has 1 aromatic carbocycles. The van der Waals surface area contributed by atoms with Crippen LogP contribution >= 0.6 is 0 Å². The summed E-state index contributed by atoms with van der Waals surface area (Å²) in [5.41, 5.74) is 3.07. The van der Waals surface area contributed by atoms with Crippen molar-refractivity contribution in [1.29, 1.82) is 0 Å². The number of carbonyl (C=O) groups is 1. The minimum Gasteiger partial charge on any atom is -0.497 e. The number of methoxy groups -OCH3 is 1. The van der Waals surface area contributed by atoms with Crippen LogP contribution in [0.1, 0.15) is 35.4 Å². The highest BCUT2D eigenvalue weighted by molar-refractivity contribution is 5.92. The molecule has 0 bridgehead atoms. The third kappa shape index (κ3) is 3.33. The van der Waals surface area contributed by atoms with Crippen LogP contribution in [-0.4, -0.2) is 33.2 Å². The molecular formula is C16H19N5O2. The van der Waals surface area contributed by atoms with Gasteiger partial charge in [0.25, 0.3) is 5.91 Å². The van der Waals surface area contributed by atoms with Gasteiger partial charge in [0.2, 0.25) is 0 Å². The van der Waals surface area contributed by atoms with Gasteiger partial charge in [-0.3, -0.25) is 9.89 Å². The Morgan fingerprint density at radius 2 is 2.22 bits per heavy atom. The molecule has 0 saturated heterocycles. The number of nitrogens with zero attached hydrogens (tertiary/aromatic N) is 2. The predicted octanol–water partition coefficient (Wildman–Crippen LogP) is 2.18. The maximum absolute atomic E-state index is 12.1. The lowest BCUT2D eigenvalue weighted by Gasteiger charge is -1.99. The molecule has 2 aromatic heterocycles. The Kier molecular flexibility index (Phi) is 4.27. The van der Waals surface area contributed by atoms with Crippen molar-refractivity contribution in [3.8, 4) is 5.75 Å². The van der Waals surface area contributed by atoms with E-state index in [0.717, 1.165) is 35.3 Å². The van der Waals surface area contributed by atoms with Crippen molar-refractivity contribution in [1.82, 2.24) is 25.5 Å². The summed E-state index contributed by atoms with van der Waals surface area (Å²) < 4.78 is 5.18. The van der Waals surface area contributed by atoms with E-state index in [9.17, 15) is 4.79 Å². The molecule has 0 saturated carbocycles. The Morgan fingerprint density at radius 1 is 1.35 bits per heavy atom. The van der Waals surface area contributed by atoms with Crippen LogP contribution < -0.4 is 10.1 Å². The number of imidazole rings is 1. The quantitative estimate of drug-likeness (QED) is 0.650. The van der Waals surface area contributed by atoms with Crippen LogP contribution in [0.25, 0.3) is 11.0 Å². The van der Waals surface area contributed by atoms with Gasteiger partial charge in [-0.25, -0.2) is 4.98 Å². The molecule has 0 atom stereocenters. The van der Waals surface area contributed by atoms with E-state index in [1.165, 1.54) is 0 Å². The van der Waals surface area contributed by atoms with Crippen molar-refractivity contribution in [3.63, 3.8) is 0 Å². The Hall–Kier alpha value is -2.83. The first-order valence-corrected chi connectivity index (χ1v) is 7.54. The maximum Gasteiger partial charge on any atom is 0.272 e. The summed E-state index contributed by atoms with van der Waals surface area (Å²) >= 11 is 0. The standard InChI is InChI=1S/C16H19N5O2/c1-3-4-10-7-14(21-20-10)16(22)17-9-15-18-12-6-5-11(23-2)8-13(12)19-15/h5-8H,3-4,9H2,1-2H3,(H,17,22)(H,18,19)(H,20,21). The van der Waals surface area contributed by atoms with E-state index in [1.54, 1.807) is 13.2 Å². The van der Waals surface area contributed by atoms with Crippen molar-refractivity contribution >= 4 is 16.9 Å². The minimum absolute atomic E-state index is 0.221. The van der Waals surface area contributed by atoms with E-state index < -0.39 is 0 Å². The molecule has 0 aliphatic heterocycles. The summed E-state index contributed by atoms with van der Waals surface area (Å²) in [6.45, 7) is 2.39. The van der Waals surface area contributed by atoms with Crippen molar-refractivity contribution < 1.29 is 9.53 Å². The van der Waals surface area contributed by atoms with Gasteiger partial charge in [-0.15, -0.1) is 0 Å². The number of aromatic amines is 2. The highest BCUT2D eigenvalue weighted by Gasteiger charge is 2.11. The van der Waals surface area contributed by atoms with Crippen LogP contribution in [0, 0.1) is 0 Å². The summed E-state index contributed by atoms with van der Waals surface area (Å²) in [6.07, 6.45) is 1.89. The molecule has 0 fully saturated rings. The SMILES string of the molecule is CCCc1cc(C(=O)NCc2nc3ccc(OC)cc3[nH]2)n[nH]1. The summed E-state index contributed by atoms with van der Waals surface area (Å²) in [6, 6.07) is 7.38. The second kappa shape index (κ2) is 6.51. The second-order valence-corrected chi connectivity index (χ2v) is 5.28. The summed E-state index contributed by atoms with van der Waals surface area (Å²) in [7, 11) is 1.62. The van der Waals surface area contributed by atoms with Gasteiger partial charge in [0, 0.05) is 11.8 Å². The number of aryl methyl sites for hydroxylation is 1. The van der Waals surface area contributed by atoms with Gasteiger partial charge >= 0.3 is 0 Å². The average molecular weight is 313 g/mol. The molecule has 1 amide bonds. The average Bonchev–Trinajstić information content (AvgIpc) is 3.18. The zero-order valence-corrected chi connectivity index (χ0v) is 13.1. The van der Waals surface area contributed by atoms with Gasteiger partial charge in [0.1, 0.15) is 17.3 Å². The van der Waals surface area contributed by atoms with Gasteiger partial charge in [0.05, 0.1) is 24.7 Å². The van der Waals surface area contributed by atoms with E-state index in [1.807, 2.05) is 18.2 Å². The van der Waals surface area contributed by atoms with Gasteiger partial charge in [-0.1, -0.05) is 13.3 Å². The number of hydrogen-bond acceptors (Lipinski definition) is 4. The number of nitrogens with one attached hydrogen (secondary N) is 3. The Bertz CT molecular complexity index is 821. The molecule has 0 unspecified atom stereocenters. The van der Waals surface area contributed by atoms with E-state index in [2.05, 4.69) is 32.4 Å². The van der Waals surface area contributed by atoms with Crippen molar-refractivity contribution in [2.24, 2.45) is 0 Å². The third-order valence-corrected chi connectivity index (χ3v) is 3.54. The Morgan fingerprint density at radius 3 is 3.00 bits per heavy atom. The number of benzene rings is 1. The molecule has 23 heavy (non-hydrogen) atoms. The molecule has 0 radical (unpaired) electrons. The molecule has 3 rings (SSSR count). The number of carbonyl (C=O) groups excluding carboxylic acids is 1. The van der Waals surface area contributed by atoms with Gasteiger partial charge in [-0.05, 0) is 24.6 Å². The predicted molar refractivity (Wildman–Crippen MR) is 86.4 cm³/mol. The fraction of sp³-hybridized carbons (Fsp3) is 0.312. The highest BCUT2D eigenvalue weighted by atomic mass is 16.5. The normalized spacial score (nSPS) is 10.9. The van der Waals surface area contributed by atoms with Crippen molar-refractivity contribution in [2.75, 3.05) is 7.11 Å². The Labute approximate surface area is 133 Å². The fourth-order valence-electron chi connectivity index (χ4n) is 2.38. The Balaban J connectivity index is 1.66. The van der Waals surface area contributed by atoms with E-state index in [-0.39, 0.29) is 5.91 Å².